The van der Waals surface area contributed by atoms with Crippen molar-refractivity contribution in [1.82, 2.24) is 0 Å². The van der Waals surface area contributed by atoms with Gasteiger partial charge in [-0.05, 0) is 43.7 Å². The number of hydrogen-bond donors (Lipinski definition) is 1. The van der Waals surface area contributed by atoms with Gasteiger partial charge in [-0.1, -0.05) is 18.2 Å². The summed E-state index contributed by atoms with van der Waals surface area (Å²) < 4.78 is 37.8. The Bertz CT molecular complexity index is 492. The SMILES string of the molecule is CC(Cc1cccc(C(F)(F)F)c1)(C(=O)O)C1CC1. The van der Waals surface area contributed by atoms with Crippen molar-refractivity contribution in [2.75, 3.05) is 0 Å². The van der Waals surface area contributed by atoms with Gasteiger partial charge in [-0.3, -0.25) is 4.79 Å². The molecule has 1 N–H and O–H groups in total. The molecule has 0 radical (unpaired) electrons. The van der Waals surface area contributed by atoms with Crippen molar-refractivity contribution >= 4 is 5.97 Å². The third-order valence-electron chi connectivity index (χ3n) is 3.79. The monoisotopic (exact) mass is 272 g/mol. The van der Waals surface area contributed by atoms with Crippen LogP contribution in [0.1, 0.15) is 30.9 Å². The molecule has 1 saturated carbocycles. The lowest BCUT2D eigenvalue weighted by Gasteiger charge is -2.25. The highest BCUT2D eigenvalue weighted by Gasteiger charge is 2.47. The molecule has 1 aliphatic rings. The lowest BCUT2D eigenvalue weighted by atomic mass is 9.79. The second-order valence-electron chi connectivity index (χ2n) is 5.37. The molecule has 104 valence electrons. The number of carbonyl (C=O) groups is 1. The number of hydrogen-bond acceptors (Lipinski definition) is 1. The lowest BCUT2D eigenvalue weighted by molar-refractivity contribution is -0.149. The van der Waals surface area contributed by atoms with E-state index in [0.717, 1.165) is 25.0 Å². The standard InChI is InChI=1S/C14H15F3O2/c1-13(12(18)19,10-5-6-10)8-9-3-2-4-11(7-9)14(15,16)17/h2-4,7,10H,5-6,8H2,1H3,(H,18,19). The van der Waals surface area contributed by atoms with Crippen LogP contribution < -0.4 is 0 Å². The summed E-state index contributed by atoms with van der Waals surface area (Å²) in [6.45, 7) is 1.62. The van der Waals surface area contributed by atoms with E-state index >= 15 is 0 Å². The van der Waals surface area contributed by atoms with Gasteiger partial charge in [-0.2, -0.15) is 13.2 Å². The largest absolute Gasteiger partial charge is 0.481 e. The molecule has 1 unspecified atom stereocenters. The predicted molar refractivity (Wildman–Crippen MR) is 63.6 cm³/mol. The number of benzene rings is 1. The molecule has 0 spiro atoms. The minimum atomic E-state index is -4.39. The Balaban J connectivity index is 2.25. The quantitative estimate of drug-likeness (QED) is 0.906. The fourth-order valence-electron chi connectivity index (χ4n) is 2.40. The van der Waals surface area contributed by atoms with E-state index in [2.05, 4.69) is 0 Å². The highest BCUT2D eigenvalue weighted by molar-refractivity contribution is 5.75. The number of aliphatic carboxylic acids is 1. The number of alkyl halides is 3. The van der Waals surface area contributed by atoms with Crippen LogP contribution in [-0.4, -0.2) is 11.1 Å². The van der Waals surface area contributed by atoms with E-state index in [-0.39, 0.29) is 12.3 Å². The van der Waals surface area contributed by atoms with Crippen molar-refractivity contribution in [3.63, 3.8) is 0 Å². The third kappa shape index (κ3) is 2.91. The van der Waals surface area contributed by atoms with Crippen molar-refractivity contribution in [3.05, 3.63) is 35.4 Å². The van der Waals surface area contributed by atoms with Crippen LogP contribution in [0.2, 0.25) is 0 Å². The zero-order valence-corrected chi connectivity index (χ0v) is 10.5. The molecule has 0 heterocycles. The molecule has 1 atom stereocenters. The topological polar surface area (TPSA) is 37.3 Å². The number of carboxylic acid groups (broad SMARTS) is 1. The van der Waals surface area contributed by atoms with Crippen molar-refractivity contribution in [2.45, 2.75) is 32.4 Å². The average Bonchev–Trinajstić information content (AvgIpc) is 3.11. The van der Waals surface area contributed by atoms with Gasteiger partial charge in [0.1, 0.15) is 0 Å². The minimum Gasteiger partial charge on any atom is -0.481 e. The van der Waals surface area contributed by atoms with E-state index in [1.165, 1.54) is 6.07 Å². The maximum Gasteiger partial charge on any atom is 0.416 e. The second-order valence-corrected chi connectivity index (χ2v) is 5.37. The summed E-state index contributed by atoms with van der Waals surface area (Å²) >= 11 is 0. The van der Waals surface area contributed by atoms with Gasteiger partial charge in [0.25, 0.3) is 0 Å². The van der Waals surface area contributed by atoms with Crippen molar-refractivity contribution in [1.29, 1.82) is 0 Å². The number of rotatable bonds is 4. The Morgan fingerprint density at radius 1 is 1.37 bits per heavy atom. The van der Waals surface area contributed by atoms with Crippen LogP contribution in [0.3, 0.4) is 0 Å². The summed E-state index contributed by atoms with van der Waals surface area (Å²) in [7, 11) is 0. The first-order valence-electron chi connectivity index (χ1n) is 6.13. The van der Waals surface area contributed by atoms with Crippen LogP contribution in [0.15, 0.2) is 24.3 Å². The maximum absolute atomic E-state index is 12.6. The fraction of sp³-hybridized carbons (Fsp3) is 0.500. The molecule has 2 nitrogen and oxygen atoms in total. The molecular formula is C14H15F3O2. The van der Waals surface area contributed by atoms with Crippen LogP contribution in [0.4, 0.5) is 13.2 Å². The van der Waals surface area contributed by atoms with Crippen LogP contribution in [0, 0.1) is 11.3 Å². The highest BCUT2D eigenvalue weighted by Crippen LogP contribution is 2.47. The molecule has 19 heavy (non-hydrogen) atoms. The van der Waals surface area contributed by atoms with Gasteiger partial charge in [-0.25, -0.2) is 0 Å². The summed E-state index contributed by atoms with van der Waals surface area (Å²) in [5.74, 6) is -0.869. The maximum atomic E-state index is 12.6. The number of carboxylic acids is 1. The fourth-order valence-corrected chi connectivity index (χ4v) is 2.40. The van der Waals surface area contributed by atoms with Gasteiger partial charge in [0, 0.05) is 0 Å². The first-order valence-corrected chi connectivity index (χ1v) is 6.13. The van der Waals surface area contributed by atoms with Gasteiger partial charge in [-0.15, -0.1) is 0 Å². The summed E-state index contributed by atoms with van der Waals surface area (Å²) in [5.41, 5.74) is -1.27. The zero-order chi connectivity index (χ0) is 14.3. The lowest BCUT2D eigenvalue weighted by Crippen LogP contribution is -2.32. The summed E-state index contributed by atoms with van der Waals surface area (Å²) in [4.78, 5) is 11.4. The molecule has 1 aromatic carbocycles. The van der Waals surface area contributed by atoms with Gasteiger partial charge in [0.05, 0.1) is 11.0 Å². The summed E-state index contributed by atoms with van der Waals surface area (Å²) in [6, 6.07) is 4.93. The molecule has 0 bridgehead atoms. The summed E-state index contributed by atoms with van der Waals surface area (Å²) in [5, 5.41) is 9.31. The highest BCUT2D eigenvalue weighted by atomic mass is 19.4. The van der Waals surface area contributed by atoms with Gasteiger partial charge < -0.3 is 5.11 Å². The second kappa shape index (κ2) is 4.54. The predicted octanol–water partition coefficient (Wildman–Crippen LogP) is 3.75. The first-order chi connectivity index (χ1) is 8.73. The van der Waals surface area contributed by atoms with E-state index in [0.29, 0.717) is 5.56 Å². The smallest absolute Gasteiger partial charge is 0.416 e. The van der Waals surface area contributed by atoms with Gasteiger partial charge >= 0.3 is 12.1 Å². The van der Waals surface area contributed by atoms with E-state index in [9.17, 15) is 23.1 Å². The van der Waals surface area contributed by atoms with E-state index in [4.69, 9.17) is 0 Å². The zero-order valence-electron chi connectivity index (χ0n) is 10.5. The van der Waals surface area contributed by atoms with Crippen LogP contribution in [-0.2, 0) is 17.4 Å². The first kappa shape index (κ1) is 13.9. The molecule has 1 aromatic rings. The molecule has 2 rings (SSSR count). The van der Waals surface area contributed by atoms with Crippen molar-refractivity contribution in [2.24, 2.45) is 11.3 Å². The molecule has 0 amide bonds. The Kier molecular flexibility index (Phi) is 3.32. The van der Waals surface area contributed by atoms with E-state index in [1.54, 1.807) is 13.0 Å². The van der Waals surface area contributed by atoms with E-state index < -0.39 is 23.1 Å². The molecule has 0 aliphatic heterocycles. The summed E-state index contributed by atoms with van der Waals surface area (Å²) in [6.07, 6.45) is -2.59. The van der Waals surface area contributed by atoms with Crippen molar-refractivity contribution in [3.8, 4) is 0 Å². The molecule has 1 fully saturated rings. The molecule has 1 aliphatic carbocycles. The average molecular weight is 272 g/mol. The molecule has 5 heteroatoms. The third-order valence-corrected chi connectivity index (χ3v) is 3.79. The number of halogens is 3. The minimum absolute atomic E-state index is 0.0690. The molecular weight excluding hydrogens is 257 g/mol. The Labute approximate surface area is 109 Å². The van der Waals surface area contributed by atoms with Crippen LogP contribution in [0.25, 0.3) is 0 Å². The van der Waals surface area contributed by atoms with E-state index in [1.807, 2.05) is 0 Å². The van der Waals surface area contributed by atoms with Gasteiger partial charge in [0.15, 0.2) is 0 Å². The molecule has 0 saturated heterocycles. The Morgan fingerprint density at radius 2 is 2.00 bits per heavy atom. The molecule has 0 aromatic heterocycles. The van der Waals surface area contributed by atoms with Crippen LogP contribution >= 0.6 is 0 Å². The normalized spacial score (nSPS) is 18.9. The van der Waals surface area contributed by atoms with Crippen LogP contribution in [0.5, 0.6) is 0 Å². The Morgan fingerprint density at radius 3 is 2.47 bits per heavy atom. The van der Waals surface area contributed by atoms with Crippen molar-refractivity contribution < 1.29 is 23.1 Å². The Hall–Kier alpha value is -1.52. The van der Waals surface area contributed by atoms with Gasteiger partial charge in [0.2, 0.25) is 0 Å².